The van der Waals surface area contributed by atoms with Gasteiger partial charge in [-0.2, -0.15) is 5.10 Å². The van der Waals surface area contributed by atoms with E-state index < -0.39 is 0 Å². The number of anilines is 1. The average molecular weight is 356 g/mol. The number of fused-ring (bicyclic) bond motifs is 3. The van der Waals surface area contributed by atoms with E-state index in [9.17, 15) is 9.18 Å². The molecular formula is C19H21FN4O2. The Labute approximate surface area is 150 Å². The highest BCUT2D eigenvalue weighted by Crippen LogP contribution is 2.49. The van der Waals surface area contributed by atoms with Gasteiger partial charge in [0.1, 0.15) is 17.4 Å². The second-order valence-electron chi connectivity index (χ2n) is 7.57. The van der Waals surface area contributed by atoms with E-state index >= 15 is 0 Å². The lowest BCUT2D eigenvalue weighted by Crippen LogP contribution is -2.35. The van der Waals surface area contributed by atoms with E-state index in [0.29, 0.717) is 24.9 Å². The van der Waals surface area contributed by atoms with E-state index in [2.05, 4.69) is 20.4 Å². The van der Waals surface area contributed by atoms with Gasteiger partial charge in [0.2, 0.25) is 5.91 Å². The number of nitrogens with zero attached hydrogens (tertiary/aromatic N) is 2. The quantitative estimate of drug-likeness (QED) is 0.883. The highest BCUT2D eigenvalue weighted by Gasteiger charge is 2.50. The number of aromatic amines is 1. The third kappa shape index (κ3) is 2.76. The minimum atomic E-state index is -0.260. The second kappa shape index (κ2) is 6.09. The van der Waals surface area contributed by atoms with Crippen LogP contribution in [0.4, 0.5) is 10.2 Å². The van der Waals surface area contributed by atoms with Gasteiger partial charge in [0.15, 0.2) is 0 Å². The fourth-order valence-electron chi connectivity index (χ4n) is 4.34. The van der Waals surface area contributed by atoms with Crippen LogP contribution in [0.3, 0.4) is 0 Å². The summed E-state index contributed by atoms with van der Waals surface area (Å²) in [7, 11) is 0. The van der Waals surface area contributed by atoms with Crippen LogP contribution in [-0.4, -0.2) is 40.7 Å². The number of carbonyl (C=O) groups is 1. The molecule has 5 rings (SSSR count). The first-order valence-electron chi connectivity index (χ1n) is 9.15. The largest absolute Gasteiger partial charge is 0.493 e. The molecule has 3 heterocycles. The summed E-state index contributed by atoms with van der Waals surface area (Å²) in [6.45, 7) is 2.11. The maximum atomic E-state index is 13.9. The molecule has 0 spiro atoms. The molecule has 1 saturated heterocycles. The molecule has 2 N–H and O–H groups in total. The monoisotopic (exact) mass is 356 g/mol. The summed E-state index contributed by atoms with van der Waals surface area (Å²) < 4.78 is 19.8. The van der Waals surface area contributed by atoms with E-state index in [1.54, 1.807) is 24.4 Å². The van der Waals surface area contributed by atoms with Gasteiger partial charge in [-0.1, -0.05) is 0 Å². The average Bonchev–Trinajstić information content (AvgIpc) is 3.15. The predicted molar refractivity (Wildman–Crippen MR) is 93.1 cm³/mol. The SMILES string of the molecule is O=C(Nc1ccn[nH]1)[C@@H]1CN(CC2CC2)[C@H]2c3cc(F)ccc3OC[C@@H]12. The Bertz CT molecular complexity index is 821. The van der Waals surface area contributed by atoms with Gasteiger partial charge in [0.05, 0.1) is 18.7 Å². The van der Waals surface area contributed by atoms with Gasteiger partial charge in [-0.05, 0) is 37.0 Å². The molecule has 3 aliphatic rings. The molecule has 1 aromatic heterocycles. The van der Waals surface area contributed by atoms with Crippen LogP contribution in [0, 0.1) is 23.6 Å². The number of likely N-dealkylation sites (tertiary alicyclic amines) is 1. The third-order valence-corrected chi connectivity index (χ3v) is 5.75. The number of ether oxygens (including phenoxy) is 1. The molecule has 0 unspecified atom stereocenters. The van der Waals surface area contributed by atoms with Crippen LogP contribution in [0.2, 0.25) is 0 Å². The van der Waals surface area contributed by atoms with Gasteiger partial charge >= 0.3 is 0 Å². The van der Waals surface area contributed by atoms with Crippen molar-refractivity contribution < 1.29 is 13.9 Å². The number of halogens is 1. The van der Waals surface area contributed by atoms with E-state index in [0.717, 1.165) is 17.9 Å². The zero-order chi connectivity index (χ0) is 17.7. The number of H-pyrrole nitrogens is 1. The fraction of sp³-hybridized carbons (Fsp3) is 0.474. The summed E-state index contributed by atoms with van der Waals surface area (Å²) in [5.41, 5.74) is 0.874. The summed E-state index contributed by atoms with van der Waals surface area (Å²) in [4.78, 5) is 15.2. The fourth-order valence-corrected chi connectivity index (χ4v) is 4.34. The van der Waals surface area contributed by atoms with Crippen LogP contribution in [0.1, 0.15) is 24.4 Å². The molecular weight excluding hydrogens is 335 g/mol. The lowest BCUT2D eigenvalue weighted by atomic mass is 9.85. The molecule has 1 saturated carbocycles. The molecule has 2 fully saturated rings. The van der Waals surface area contributed by atoms with Crippen molar-refractivity contribution in [3.63, 3.8) is 0 Å². The first-order valence-corrected chi connectivity index (χ1v) is 9.15. The molecule has 136 valence electrons. The summed E-state index contributed by atoms with van der Waals surface area (Å²) in [6, 6.07) is 6.47. The highest BCUT2D eigenvalue weighted by atomic mass is 19.1. The highest BCUT2D eigenvalue weighted by molar-refractivity contribution is 5.92. The van der Waals surface area contributed by atoms with Gasteiger partial charge in [0.25, 0.3) is 0 Å². The number of amides is 1. The zero-order valence-electron chi connectivity index (χ0n) is 14.3. The van der Waals surface area contributed by atoms with Crippen LogP contribution in [0.15, 0.2) is 30.5 Å². The normalized spacial score (nSPS) is 27.5. The molecule has 0 radical (unpaired) electrons. The van der Waals surface area contributed by atoms with Crippen molar-refractivity contribution >= 4 is 11.7 Å². The number of carbonyl (C=O) groups excluding carboxylic acids is 1. The molecule has 7 heteroatoms. The second-order valence-corrected chi connectivity index (χ2v) is 7.57. The number of aromatic nitrogens is 2. The summed E-state index contributed by atoms with van der Waals surface area (Å²) in [5, 5.41) is 9.54. The van der Waals surface area contributed by atoms with Gasteiger partial charge in [-0.25, -0.2) is 4.39 Å². The molecule has 1 aromatic carbocycles. The summed E-state index contributed by atoms with van der Waals surface area (Å²) in [5.74, 6) is 1.56. The van der Waals surface area contributed by atoms with Crippen LogP contribution in [-0.2, 0) is 4.79 Å². The minimum absolute atomic E-state index is 0.0194. The van der Waals surface area contributed by atoms with Gasteiger partial charge in [-0.15, -0.1) is 0 Å². The van der Waals surface area contributed by atoms with Gasteiger partial charge in [0, 0.05) is 36.7 Å². The summed E-state index contributed by atoms with van der Waals surface area (Å²) in [6.07, 6.45) is 4.09. The Morgan fingerprint density at radius 2 is 2.27 bits per heavy atom. The Balaban J connectivity index is 1.45. The van der Waals surface area contributed by atoms with E-state index in [1.807, 2.05) is 0 Å². The van der Waals surface area contributed by atoms with Crippen LogP contribution in [0.25, 0.3) is 0 Å². The molecule has 2 aliphatic heterocycles. The van der Waals surface area contributed by atoms with Crippen molar-refractivity contribution in [2.75, 3.05) is 25.0 Å². The Hall–Kier alpha value is -2.41. The number of benzene rings is 1. The first-order chi connectivity index (χ1) is 12.7. The zero-order valence-corrected chi connectivity index (χ0v) is 14.3. The molecule has 26 heavy (non-hydrogen) atoms. The minimum Gasteiger partial charge on any atom is -0.493 e. The molecule has 1 amide bonds. The molecule has 1 aliphatic carbocycles. The van der Waals surface area contributed by atoms with E-state index in [-0.39, 0.29) is 29.6 Å². The van der Waals surface area contributed by atoms with Crippen molar-refractivity contribution in [1.82, 2.24) is 15.1 Å². The summed E-state index contributed by atoms with van der Waals surface area (Å²) >= 11 is 0. The topological polar surface area (TPSA) is 70.2 Å². The van der Waals surface area contributed by atoms with Crippen molar-refractivity contribution in [3.8, 4) is 5.75 Å². The number of rotatable bonds is 4. The van der Waals surface area contributed by atoms with Crippen LogP contribution < -0.4 is 10.1 Å². The number of hydrogen-bond acceptors (Lipinski definition) is 4. The van der Waals surface area contributed by atoms with E-state index in [4.69, 9.17) is 4.74 Å². The van der Waals surface area contributed by atoms with Crippen molar-refractivity contribution in [3.05, 3.63) is 41.8 Å². The number of hydrogen-bond donors (Lipinski definition) is 2. The predicted octanol–water partition coefficient (Wildman–Crippen LogP) is 2.58. The molecule has 2 aromatic rings. The van der Waals surface area contributed by atoms with Crippen molar-refractivity contribution in [2.45, 2.75) is 18.9 Å². The smallest absolute Gasteiger partial charge is 0.230 e. The van der Waals surface area contributed by atoms with Crippen LogP contribution >= 0.6 is 0 Å². The van der Waals surface area contributed by atoms with E-state index in [1.165, 1.54) is 18.9 Å². The van der Waals surface area contributed by atoms with Gasteiger partial charge in [-0.3, -0.25) is 14.8 Å². The Kier molecular flexibility index (Phi) is 3.70. The lowest BCUT2D eigenvalue weighted by molar-refractivity contribution is -0.121. The Morgan fingerprint density at radius 1 is 1.38 bits per heavy atom. The molecule has 6 nitrogen and oxygen atoms in total. The maximum Gasteiger partial charge on any atom is 0.230 e. The standard InChI is InChI=1S/C19H21FN4O2/c20-12-3-4-16-13(7-12)18-15(10-26-16)14(9-24(18)8-11-1-2-11)19(25)22-17-5-6-21-23-17/h3-7,11,14-15,18H,1-2,8-10H2,(H2,21,22,23,25)/t14-,15+,18+/m1/s1. The lowest BCUT2D eigenvalue weighted by Gasteiger charge is -2.34. The van der Waals surface area contributed by atoms with Crippen molar-refractivity contribution in [1.29, 1.82) is 0 Å². The number of nitrogens with one attached hydrogen (secondary N) is 2. The molecule has 0 bridgehead atoms. The maximum absolute atomic E-state index is 13.9. The van der Waals surface area contributed by atoms with Crippen LogP contribution in [0.5, 0.6) is 5.75 Å². The molecule has 3 atom stereocenters. The third-order valence-electron chi connectivity index (χ3n) is 5.75. The van der Waals surface area contributed by atoms with Crippen molar-refractivity contribution in [2.24, 2.45) is 17.8 Å². The van der Waals surface area contributed by atoms with Gasteiger partial charge < -0.3 is 10.1 Å². The first kappa shape index (κ1) is 15.8. The Morgan fingerprint density at radius 3 is 3.04 bits per heavy atom.